The van der Waals surface area contributed by atoms with E-state index in [4.69, 9.17) is 11.6 Å². The van der Waals surface area contributed by atoms with E-state index in [-0.39, 0.29) is 0 Å². The maximum absolute atomic E-state index is 11.7. The average Bonchev–Trinajstić information content (AvgIpc) is 2.94. The largest absolute Gasteiger partial charge is 0.314 e. The Hall–Kier alpha value is -2.65. The molecule has 3 nitrogen and oxygen atoms in total. The molecular formula is C18H11ClN2O. The van der Waals surface area contributed by atoms with Crippen molar-refractivity contribution in [3.8, 4) is 5.69 Å². The zero-order valence-corrected chi connectivity index (χ0v) is 12.3. The zero-order chi connectivity index (χ0) is 15.1. The van der Waals surface area contributed by atoms with Gasteiger partial charge in [0.1, 0.15) is 0 Å². The molecule has 0 fully saturated rings. The van der Waals surface area contributed by atoms with E-state index >= 15 is 0 Å². The molecule has 0 N–H and O–H groups in total. The van der Waals surface area contributed by atoms with Gasteiger partial charge in [-0.15, -0.1) is 0 Å². The van der Waals surface area contributed by atoms with Gasteiger partial charge in [-0.25, -0.2) is 0 Å². The van der Waals surface area contributed by atoms with Gasteiger partial charge in [-0.05, 0) is 29.8 Å². The molecule has 0 atom stereocenters. The molecule has 4 rings (SSSR count). The van der Waals surface area contributed by atoms with Crippen molar-refractivity contribution in [1.29, 1.82) is 0 Å². The first-order chi connectivity index (χ1) is 10.7. The summed E-state index contributed by atoms with van der Waals surface area (Å²) >= 11 is 5.71. The van der Waals surface area contributed by atoms with Crippen LogP contribution in [0.2, 0.25) is 0 Å². The molecule has 0 saturated heterocycles. The first kappa shape index (κ1) is 13.0. The van der Waals surface area contributed by atoms with Crippen LogP contribution in [0.15, 0.2) is 67.0 Å². The van der Waals surface area contributed by atoms with Crippen LogP contribution in [0.5, 0.6) is 0 Å². The number of pyridine rings is 1. The van der Waals surface area contributed by atoms with Gasteiger partial charge in [-0.2, -0.15) is 0 Å². The second-order valence-electron chi connectivity index (χ2n) is 5.09. The molecule has 4 heteroatoms. The number of para-hydroxylation sites is 2. The van der Waals surface area contributed by atoms with Crippen molar-refractivity contribution in [1.82, 2.24) is 9.55 Å². The Bertz CT molecular complexity index is 1020. The molecule has 0 radical (unpaired) electrons. The molecule has 0 unspecified atom stereocenters. The van der Waals surface area contributed by atoms with E-state index in [1.807, 2.05) is 53.1 Å². The van der Waals surface area contributed by atoms with E-state index < -0.39 is 5.24 Å². The molecule has 106 valence electrons. The highest BCUT2D eigenvalue weighted by atomic mass is 35.5. The third-order valence-corrected chi connectivity index (χ3v) is 3.98. The molecule has 2 aromatic heterocycles. The maximum Gasteiger partial charge on any atom is 0.254 e. The lowest BCUT2D eigenvalue weighted by molar-refractivity contribution is 0.108. The first-order valence-electron chi connectivity index (χ1n) is 6.89. The summed E-state index contributed by atoms with van der Waals surface area (Å²) in [6.07, 6.45) is 3.57. The van der Waals surface area contributed by atoms with E-state index in [1.54, 1.807) is 12.4 Å². The van der Waals surface area contributed by atoms with Crippen molar-refractivity contribution in [2.45, 2.75) is 0 Å². The Balaban J connectivity index is 2.01. The number of rotatable bonds is 2. The Kier molecular flexibility index (Phi) is 2.94. The molecule has 0 aliphatic heterocycles. The fraction of sp³-hybridized carbons (Fsp3) is 0. The fourth-order valence-electron chi connectivity index (χ4n) is 2.74. The number of nitrogens with zero attached hydrogens (tertiary/aromatic N) is 2. The van der Waals surface area contributed by atoms with Gasteiger partial charge >= 0.3 is 0 Å². The van der Waals surface area contributed by atoms with Crippen LogP contribution in [0.3, 0.4) is 0 Å². The topological polar surface area (TPSA) is 34.9 Å². The van der Waals surface area contributed by atoms with Crippen molar-refractivity contribution < 1.29 is 4.79 Å². The zero-order valence-electron chi connectivity index (χ0n) is 11.5. The van der Waals surface area contributed by atoms with Gasteiger partial charge in [0.15, 0.2) is 0 Å². The Morgan fingerprint density at radius 1 is 1.05 bits per heavy atom. The van der Waals surface area contributed by atoms with Crippen molar-refractivity contribution in [3.05, 3.63) is 72.6 Å². The second-order valence-corrected chi connectivity index (χ2v) is 5.43. The number of benzene rings is 2. The standard InChI is InChI=1S/C18H11ClN2O/c19-18(22)15-11-21(17-8-4-2-6-14(15)17)13-9-12-5-1-3-7-16(12)20-10-13/h1-11H. The summed E-state index contributed by atoms with van der Waals surface area (Å²) in [7, 11) is 0. The summed E-state index contributed by atoms with van der Waals surface area (Å²) < 4.78 is 1.95. The lowest BCUT2D eigenvalue weighted by Crippen LogP contribution is -1.93. The fourth-order valence-corrected chi connectivity index (χ4v) is 2.89. The van der Waals surface area contributed by atoms with E-state index in [9.17, 15) is 4.79 Å². The molecule has 4 aromatic rings. The van der Waals surface area contributed by atoms with Crippen LogP contribution in [0.4, 0.5) is 0 Å². The van der Waals surface area contributed by atoms with E-state index in [0.29, 0.717) is 5.56 Å². The normalized spacial score (nSPS) is 11.1. The Morgan fingerprint density at radius 2 is 1.82 bits per heavy atom. The average molecular weight is 307 g/mol. The van der Waals surface area contributed by atoms with Crippen LogP contribution >= 0.6 is 11.6 Å². The van der Waals surface area contributed by atoms with Gasteiger partial charge < -0.3 is 4.57 Å². The van der Waals surface area contributed by atoms with Crippen LogP contribution < -0.4 is 0 Å². The van der Waals surface area contributed by atoms with Gasteiger partial charge in [0.2, 0.25) is 0 Å². The molecule has 22 heavy (non-hydrogen) atoms. The third kappa shape index (κ3) is 1.98. The van der Waals surface area contributed by atoms with Gasteiger partial charge in [-0.1, -0.05) is 36.4 Å². The summed E-state index contributed by atoms with van der Waals surface area (Å²) in [6.45, 7) is 0. The Labute approximate surface area is 131 Å². The summed E-state index contributed by atoms with van der Waals surface area (Å²) in [5.74, 6) is 0. The quantitative estimate of drug-likeness (QED) is 0.509. The molecule has 2 aromatic carbocycles. The molecule has 0 spiro atoms. The molecule has 2 heterocycles. The second kappa shape index (κ2) is 4.97. The minimum absolute atomic E-state index is 0.455. The van der Waals surface area contributed by atoms with Gasteiger partial charge in [0.05, 0.1) is 28.5 Å². The molecule has 0 bridgehead atoms. The highest BCUT2D eigenvalue weighted by Gasteiger charge is 2.14. The highest BCUT2D eigenvalue weighted by molar-refractivity contribution is 6.68. The minimum Gasteiger partial charge on any atom is -0.314 e. The summed E-state index contributed by atoms with van der Waals surface area (Å²) in [6, 6.07) is 17.7. The monoisotopic (exact) mass is 306 g/mol. The SMILES string of the molecule is O=C(Cl)c1cn(-c2cnc3ccccc3c2)c2ccccc12. The van der Waals surface area contributed by atoms with Gasteiger partial charge in [0.25, 0.3) is 5.24 Å². The van der Waals surface area contributed by atoms with E-state index in [2.05, 4.69) is 11.1 Å². The lowest BCUT2D eigenvalue weighted by atomic mass is 10.2. The molecular weight excluding hydrogens is 296 g/mol. The van der Waals surface area contributed by atoms with Gasteiger partial charge in [-0.3, -0.25) is 9.78 Å². The minimum atomic E-state index is -0.455. The molecule has 0 aliphatic carbocycles. The van der Waals surface area contributed by atoms with Crippen LogP contribution in [0.25, 0.3) is 27.5 Å². The predicted molar refractivity (Wildman–Crippen MR) is 88.8 cm³/mol. The van der Waals surface area contributed by atoms with Crippen LogP contribution in [-0.2, 0) is 0 Å². The lowest BCUT2D eigenvalue weighted by Gasteiger charge is -2.06. The Morgan fingerprint density at radius 3 is 2.68 bits per heavy atom. The molecule has 0 saturated carbocycles. The number of hydrogen-bond donors (Lipinski definition) is 0. The van der Waals surface area contributed by atoms with Crippen molar-refractivity contribution >= 4 is 38.6 Å². The molecule has 0 amide bonds. The number of carbonyl (C=O) groups is 1. The van der Waals surface area contributed by atoms with Crippen LogP contribution in [0, 0.1) is 0 Å². The number of halogens is 1. The number of carbonyl (C=O) groups excluding carboxylic acids is 1. The van der Waals surface area contributed by atoms with Crippen molar-refractivity contribution in [2.24, 2.45) is 0 Å². The summed E-state index contributed by atoms with van der Waals surface area (Å²) in [5.41, 5.74) is 3.28. The maximum atomic E-state index is 11.7. The van der Waals surface area contributed by atoms with Crippen LogP contribution in [-0.4, -0.2) is 14.8 Å². The van der Waals surface area contributed by atoms with Crippen LogP contribution in [0.1, 0.15) is 10.4 Å². The predicted octanol–water partition coefficient (Wildman–Crippen LogP) is 4.56. The number of fused-ring (bicyclic) bond motifs is 2. The smallest absolute Gasteiger partial charge is 0.254 e. The molecule has 0 aliphatic rings. The van der Waals surface area contributed by atoms with Crippen molar-refractivity contribution in [2.75, 3.05) is 0 Å². The number of aromatic nitrogens is 2. The van der Waals surface area contributed by atoms with Gasteiger partial charge in [0, 0.05) is 17.0 Å². The summed E-state index contributed by atoms with van der Waals surface area (Å²) in [5, 5.41) is 1.44. The van der Waals surface area contributed by atoms with E-state index in [0.717, 1.165) is 27.5 Å². The van der Waals surface area contributed by atoms with Crippen molar-refractivity contribution in [3.63, 3.8) is 0 Å². The highest BCUT2D eigenvalue weighted by Crippen LogP contribution is 2.27. The first-order valence-corrected chi connectivity index (χ1v) is 7.27. The van der Waals surface area contributed by atoms with E-state index in [1.165, 1.54) is 0 Å². The third-order valence-electron chi connectivity index (χ3n) is 3.78. The summed E-state index contributed by atoms with van der Waals surface area (Å²) in [4.78, 5) is 16.1. The number of hydrogen-bond acceptors (Lipinski definition) is 2.